The highest BCUT2D eigenvalue weighted by Crippen LogP contribution is 2.25. The van der Waals surface area contributed by atoms with Crippen molar-refractivity contribution in [1.29, 1.82) is 0 Å². The average molecular weight is 338 g/mol. The number of carbonyl (C=O) groups excluding carboxylic acids is 1. The van der Waals surface area contributed by atoms with Crippen LogP contribution in [0.15, 0.2) is 23.1 Å². The smallest absolute Gasteiger partial charge is 0.243 e. The normalized spacial score (nSPS) is 14.4. The highest BCUT2D eigenvalue weighted by Gasteiger charge is 2.29. The highest BCUT2D eigenvalue weighted by molar-refractivity contribution is 7.89. The maximum absolute atomic E-state index is 13.7. The predicted octanol–water partition coefficient (Wildman–Crippen LogP) is 0.846. The number of hydrogen-bond donors (Lipinski definition) is 3. The number of anilines is 1. The summed E-state index contributed by atoms with van der Waals surface area (Å²) in [4.78, 5) is 11.0. The summed E-state index contributed by atoms with van der Waals surface area (Å²) in [6.07, 6.45) is 1.53. The average Bonchev–Trinajstić information content (AvgIpc) is 3.15. The Morgan fingerprint density at radius 1 is 1.38 bits per heavy atom. The minimum absolute atomic E-state index is 0. The van der Waals surface area contributed by atoms with Gasteiger partial charge in [0.1, 0.15) is 10.7 Å². The van der Waals surface area contributed by atoms with Crippen LogP contribution in [0.5, 0.6) is 0 Å². The van der Waals surface area contributed by atoms with Gasteiger partial charge in [0, 0.05) is 11.7 Å². The summed E-state index contributed by atoms with van der Waals surface area (Å²) in [5, 5.41) is 5.15. The van der Waals surface area contributed by atoms with Gasteiger partial charge < -0.3 is 10.6 Å². The number of nitrogens with one attached hydrogen (secondary N) is 3. The van der Waals surface area contributed by atoms with Crippen molar-refractivity contribution >= 4 is 34.0 Å². The zero-order valence-corrected chi connectivity index (χ0v) is 13.0. The SMILES string of the molecule is CNCC(=O)Nc1ccc(F)c(S(=O)(=O)NC2CC2)c1.Cl. The summed E-state index contributed by atoms with van der Waals surface area (Å²) in [6, 6.07) is 3.35. The molecule has 0 atom stereocenters. The van der Waals surface area contributed by atoms with Crippen molar-refractivity contribution in [3.8, 4) is 0 Å². The topological polar surface area (TPSA) is 87.3 Å². The third-order valence-electron chi connectivity index (χ3n) is 2.74. The summed E-state index contributed by atoms with van der Waals surface area (Å²) in [6.45, 7) is 0.0831. The summed E-state index contributed by atoms with van der Waals surface area (Å²) in [7, 11) is -2.28. The Kier molecular flexibility index (Phi) is 6.09. The predicted molar refractivity (Wildman–Crippen MR) is 79.5 cm³/mol. The van der Waals surface area contributed by atoms with Crippen molar-refractivity contribution in [2.24, 2.45) is 0 Å². The number of sulfonamides is 1. The van der Waals surface area contributed by atoms with E-state index in [0.29, 0.717) is 0 Å². The first kappa shape index (κ1) is 17.8. The van der Waals surface area contributed by atoms with E-state index in [1.807, 2.05) is 0 Å². The van der Waals surface area contributed by atoms with E-state index in [1.54, 1.807) is 7.05 Å². The van der Waals surface area contributed by atoms with Gasteiger partial charge in [-0.3, -0.25) is 4.79 Å². The lowest BCUT2D eigenvalue weighted by atomic mass is 10.3. The summed E-state index contributed by atoms with van der Waals surface area (Å²) in [5.41, 5.74) is 0.239. The Hall–Kier alpha value is -1.22. The first-order chi connectivity index (χ1) is 9.42. The van der Waals surface area contributed by atoms with Crippen LogP contribution >= 0.6 is 12.4 Å². The lowest BCUT2D eigenvalue weighted by molar-refractivity contribution is -0.115. The maximum Gasteiger partial charge on any atom is 0.243 e. The van der Waals surface area contributed by atoms with Gasteiger partial charge in [0.05, 0.1) is 6.54 Å². The fraction of sp³-hybridized carbons (Fsp3) is 0.417. The summed E-state index contributed by atoms with van der Waals surface area (Å²) >= 11 is 0. The maximum atomic E-state index is 13.7. The van der Waals surface area contributed by atoms with E-state index in [1.165, 1.54) is 6.07 Å². The molecule has 0 unspecified atom stereocenters. The molecule has 1 amide bonds. The summed E-state index contributed by atoms with van der Waals surface area (Å²) in [5.74, 6) is -1.18. The molecule has 2 rings (SSSR count). The second-order valence-electron chi connectivity index (χ2n) is 4.62. The molecular formula is C12H17ClFN3O3S. The first-order valence-corrected chi connectivity index (χ1v) is 7.67. The Morgan fingerprint density at radius 3 is 2.62 bits per heavy atom. The second kappa shape index (κ2) is 7.17. The van der Waals surface area contributed by atoms with Crippen LogP contribution in [0.4, 0.5) is 10.1 Å². The van der Waals surface area contributed by atoms with Crippen LogP contribution in [0, 0.1) is 5.82 Å². The van der Waals surface area contributed by atoms with E-state index in [2.05, 4.69) is 15.4 Å². The molecule has 6 nitrogen and oxygen atoms in total. The van der Waals surface area contributed by atoms with Crippen LogP contribution in [0.1, 0.15) is 12.8 Å². The largest absolute Gasteiger partial charge is 0.325 e. The van der Waals surface area contributed by atoms with Crippen molar-refractivity contribution in [2.75, 3.05) is 18.9 Å². The molecule has 0 aromatic heterocycles. The zero-order valence-electron chi connectivity index (χ0n) is 11.3. The minimum Gasteiger partial charge on any atom is -0.325 e. The van der Waals surface area contributed by atoms with Gasteiger partial charge in [-0.15, -0.1) is 12.4 Å². The van der Waals surface area contributed by atoms with E-state index in [0.717, 1.165) is 25.0 Å². The van der Waals surface area contributed by atoms with Gasteiger partial charge in [-0.25, -0.2) is 17.5 Å². The molecule has 3 N–H and O–H groups in total. The molecule has 21 heavy (non-hydrogen) atoms. The Bertz CT molecular complexity index is 620. The molecule has 0 saturated heterocycles. The molecule has 1 aromatic rings. The zero-order chi connectivity index (χ0) is 14.8. The third-order valence-corrected chi connectivity index (χ3v) is 4.28. The van der Waals surface area contributed by atoms with Crippen LogP contribution in [-0.2, 0) is 14.8 Å². The number of amides is 1. The monoisotopic (exact) mass is 337 g/mol. The first-order valence-electron chi connectivity index (χ1n) is 6.19. The number of halogens is 2. The number of hydrogen-bond acceptors (Lipinski definition) is 4. The van der Waals surface area contributed by atoms with Crippen LogP contribution in [0.2, 0.25) is 0 Å². The molecule has 1 saturated carbocycles. The fourth-order valence-corrected chi connectivity index (χ4v) is 3.05. The lowest BCUT2D eigenvalue weighted by Gasteiger charge is -2.10. The molecular weight excluding hydrogens is 321 g/mol. The Morgan fingerprint density at radius 2 is 2.05 bits per heavy atom. The standard InChI is InChI=1S/C12H16FN3O3S.ClH/c1-14-7-12(17)15-9-4-5-10(13)11(6-9)20(18,19)16-8-2-3-8;/h4-6,8,14,16H,2-3,7H2,1H3,(H,15,17);1H. The lowest BCUT2D eigenvalue weighted by Crippen LogP contribution is -2.27. The van der Waals surface area contributed by atoms with Gasteiger partial charge in [-0.1, -0.05) is 0 Å². The molecule has 0 radical (unpaired) electrons. The molecule has 118 valence electrons. The van der Waals surface area contributed by atoms with Crippen molar-refractivity contribution in [3.05, 3.63) is 24.0 Å². The van der Waals surface area contributed by atoms with E-state index in [4.69, 9.17) is 0 Å². The molecule has 1 aromatic carbocycles. The van der Waals surface area contributed by atoms with Gasteiger partial charge in [-0.05, 0) is 38.1 Å². The molecule has 0 bridgehead atoms. The molecule has 0 aliphatic heterocycles. The quantitative estimate of drug-likeness (QED) is 0.718. The van der Waals surface area contributed by atoms with E-state index >= 15 is 0 Å². The van der Waals surface area contributed by atoms with E-state index in [9.17, 15) is 17.6 Å². The second-order valence-corrected chi connectivity index (χ2v) is 6.30. The number of likely N-dealkylation sites (N-methyl/N-ethyl adjacent to an activating group) is 1. The van der Waals surface area contributed by atoms with Crippen molar-refractivity contribution < 1.29 is 17.6 Å². The molecule has 1 aliphatic carbocycles. The third kappa shape index (κ3) is 4.92. The Labute approximate surface area is 129 Å². The fourth-order valence-electron chi connectivity index (χ4n) is 1.64. The van der Waals surface area contributed by atoms with Gasteiger partial charge in [-0.2, -0.15) is 0 Å². The number of carbonyl (C=O) groups is 1. The van der Waals surface area contributed by atoms with Crippen molar-refractivity contribution in [3.63, 3.8) is 0 Å². The van der Waals surface area contributed by atoms with E-state index in [-0.39, 0.29) is 36.6 Å². The van der Waals surface area contributed by atoms with Crippen molar-refractivity contribution in [2.45, 2.75) is 23.8 Å². The molecule has 1 aliphatic rings. The molecule has 0 spiro atoms. The van der Waals surface area contributed by atoms with Crippen LogP contribution in [-0.4, -0.2) is 34.0 Å². The minimum atomic E-state index is -3.89. The highest BCUT2D eigenvalue weighted by atomic mass is 35.5. The van der Waals surface area contributed by atoms with Gasteiger partial charge in [0.25, 0.3) is 0 Å². The Balaban J connectivity index is 0.00000220. The van der Waals surface area contributed by atoms with E-state index < -0.39 is 20.7 Å². The summed E-state index contributed by atoms with van der Waals surface area (Å²) < 4.78 is 40.1. The van der Waals surface area contributed by atoms with Gasteiger partial charge in [0.15, 0.2) is 0 Å². The van der Waals surface area contributed by atoms with Crippen LogP contribution in [0.3, 0.4) is 0 Å². The number of rotatable bonds is 6. The van der Waals surface area contributed by atoms with Crippen LogP contribution in [0.25, 0.3) is 0 Å². The van der Waals surface area contributed by atoms with Crippen molar-refractivity contribution in [1.82, 2.24) is 10.0 Å². The van der Waals surface area contributed by atoms with Gasteiger partial charge >= 0.3 is 0 Å². The number of benzene rings is 1. The molecule has 1 fully saturated rings. The molecule has 0 heterocycles. The van der Waals surface area contributed by atoms with Crippen LogP contribution < -0.4 is 15.4 Å². The molecule has 9 heteroatoms. The van der Waals surface area contributed by atoms with Gasteiger partial charge in [0.2, 0.25) is 15.9 Å².